The maximum Gasteiger partial charge on any atom is 0.0522 e. The van der Waals surface area contributed by atoms with E-state index in [0.717, 1.165) is 18.9 Å². The van der Waals surface area contributed by atoms with E-state index in [2.05, 4.69) is 49.0 Å². The Bertz CT molecular complexity index is 358. The summed E-state index contributed by atoms with van der Waals surface area (Å²) in [4.78, 5) is 0. The fourth-order valence-electron chi connectivity index (χ4n) is 2.11. The molecule has 1 heterocycles. The van der Waals surface area contributed by atoms with Crippen LogP contribution in [0.3, 0.4) is 0 Å². The van der Waals surface area contributed by atoms with Crippen molar-refractivity contribution < 1.29 is 0 Å². The summed E-state index contributed by atoms with van der Waals surface area (Å²) in [5.41, 5.74) is 1.55. The molecule has 3 heteroatoms. The second-order valence-corrected chi connectivity index (χ2v) is 6.33. The summed E-state index contributed by atoms with van der Waals surface area (Å²) in [6, 6.07) is 0.583. The lowest BCUT2D eigenvalue weighted by molar-refractivity contribution is 0.428. The highest BCUT2D eigenvalue weighted by molar-refractivity contribution is 5.06. The van der Waals surface area contributed by atoms with Crippen molar-refractivity contribution in [2.24, 2.45) is 5.92 Å². The van der Waals surface area contributed by atoms with Gasteiger partial charge in [-0.25, -0.2) is 0 Å². The van der Waals surface area contributed by atoms with Crippen molar-refractivity contribution in [3.63, 3.8) is 0 Å². The van der Waals surface area contributed by atoms with Crippen molar-refractivity contribution in [3.8, 4) is 0 Å². The van der Waals surface area contributed by atoms with Crippen molar-refractivity contribution in [2.45, 2.75) is 58.5 Å². The number of aromatic nitrogens is 2. The van der Waals surface area contributed by atoms with Crippen LogP contribution in [-0.2, 0) is 6.42 Å². The van der Waals surface area contributed by atoms with Gasteiger partial charge in [0.05, 0.1) is 12.2 Å². The highest BCUT2D eigenvalue weighted by Gasteiger charge is 2.29. The average Bonchev–Trinajstić information content (AvgIpc) is 2.96. The number of hydrogen-bond donors (Lipinski definition) is 1. The Morgan fingerprint density at radius 3 is 2.76 bits per heavy atom. The second-order valence-electron chi connectivity index (χ2n) is 6.33. The number of nitrogens with zero attached hydrogens (tertiary/aromatic N) is 2. The molecule has 0 aromatic carbocycles. The van der Waals surface area contributed by atoms with Crippen molar-refractivity contribution in [1.29, 1.82) is 0 Å². The van der Waals surface area contributed by atoms with E-state index in [0.29, 0.717) is 6.04 Å². The van der Waals surface area contributed by atoms with Gasteiger partial charge in [0.25, 0.3) is 0 Å². The monoisotopic (exact) mass is 235 g/mol. The van der Waals surface area contributed by atoms with Crippen LogP contribution in [0.4, 0.5) is 0 Å². The molecular weight excluding hydrogens is 210 g/mol. The van der Waals surface area contributed by atoms with Crippen LogP contribution >= 0.6 is 0 Å². The molecule has 1 fully saturated rings. The molecule has 0 radical (unpaired) electrons. The fraction of sp³-hybridized carbons (Fsp3) is 0.786. The molecule has 0 aliphatic heterocycles. The molecule has 96 valence electrons. The van der Waals surface area contributed by atoms with Gasteiger partial charge in [-0.1, -0.05) is 0 Å². The average molecular weight is 235 g/mol. The topological polar surface area (TPSA) is 29.9 Å². The van der Waals surface area contributed by atoms with E-state index in [-0.39, 0.29) is 5.54 Å². The normalized spacial score (nSPS) is 18.4. The highest BCUT2D eigenvalue weighted by Crippen LogP contribution is 2.38. The first-order chi connectivity index (χ1) is 7.96. The SMILES string of the molecule is CC(C1CC1)n1cc(CCNC(C)(C)C)cn1. The Hall–Kier alpha value is -0.830. The molecule has 1 unspecified atom stereocenters. The zero-order valence-corrected chi connectivity index (χ0v) is 11.5. The molecule has 0 bridgehead atoms. The third-order valence-corrected chi connectivity index (χ3v) is 3.45. The Morgan fingerprint density at radius 1 is 1.47 bits per heavy atom. The molecule has 0 amide bonds. The summed E-state index contributed by atoms with van der Waals surface area (Å²) in [5.74, 6) is 0.871. The van der Waals surface area contributed by atoms with Crippen LogP contribution < -0.4 is 5.32 Å². The van der Waals surface area contributed by atoms with Gasteiger partial charge in [0, 0.05) is 11.7 Å². The lowest BCUT2D eigenvalue weighted by Gasteiger charge is -2.20. The van der Waals surface area contributed by atoms with Crippen molar-refractivity contribution in [2.75, 3.05) is 6.54 Å². The standard InChI is InChI=1S/C14H25N3/c1-11(13-5-6-13)17-10-12(9-16-17)7-8-15-14(2,3)4/h9-11,13,15H,5-8H2,1-4H3. The van der Waals surface area contributed by atoms with Gasteiger partial charge in [-0.2, -0.15) is 5.10 Å². The van der Waals surface area contributed by atoms with Crippen molar-refractivity contribution in [3.05, 3.63) is 18.0 Å². The van der Waals surface area contributed by atoms with Crippen molar-refractivity contribution in [1.82, 2.24) is 15.1 Å². The molecule has 1 saturated carbocycles. The minimum Gasteiger partial charge on any atom is -0.312 e. The molecule has 2 rings (SSSR count). The van der Waals surface area contributed by atoms with Gasteiger partial charge in [0.15, 0.2) is 0 Å². The summed E-state index contributed by atoms with van der Waals surface area (Å²) < 4.78 is 2.14. The van der Waals surface area contributed by atoms with Gasteiger partial charge in [-0.3, -0.25) is 4.68 Å². The molecule has 1 aromatic heterocycles. The summed E-state index contributed by atoms with van der Waals surface area (Å²) in [6.07, 6.45) is 8.05. The number of nitrogens with one attached hydrogen (secondary N) is 1. The highest BCUT2D eigenvalue weighted by atomic mass is 15.3. The van der Waals surface area contributed by atoms with Gasteiger partial charge in [0.2, 0.25) is 0 Å². The van der Waals surface area contributed by atoms with Gasteiger partial charge in [-0.05, 0) is 65.0 Å². The molecule has 3 nitrogen and oxygen atoms in total. The Labute approximate surface area is 105 Å². The third kappa shape index (κ3) is 3.84. The lowest BCUT2D eigenvalue weighted by atomic mass is 10.1. The lowest BCUT2D eigenvalue weighted by Crippen LogP contribution is -2.37. The van der Waals surface area contributed by atoms with E-state index in [9.17, 15) is 0 Å². The quantitative estimate of drug-likeness (QED) is 0.850. The summed E-state index contributed by atoms with van der Waals surface area (Å²) >= 11 is 0. The Morgan fingerprint density at radius 2 is 2.18 bits per heavy atom. The van der Waals surface area contributed by atoms with Gasteiger partial charge in [-0.15, -0.1) is 0 Å². The first-order valence-corrected chi connectivity index (χ1v) is 6.74. The Balaban J connectivity index is 1.81. The van der Waals surface area contributed by atoms with E-state index in [1.54, 1.807) is 0 Å². The minimum atomic E-state index is 0.206. The molecule has 1 aliphatic rings. The number of rotatable bonds is 5. The van der Waals surface area contributed by atoms with Gasteiger partial charge in [0.1, 0.15) is 0 Å². The minimum absolute atomic E-state index is 0.206. The van der Waals surface area contributed by atoms with Crippen LogP contribution in [0.2, 0.25) is 0 Å². The maximum atomic E-state index is 4.48. The van der Waals surface area contributed by atoms with Crippen LogP contribution in [0.25, 0.3) is 0 Å². The molecule has 1 aliphatic carbocycles. The van der Waals surface area contributed by atoms with Crippen LogP contribution in [0.1, 0.15) is 52.1 Å². The maximum absolute atomic E-state index is 4.48. The number of hydrogen-bond acceptors (Lipinski definition) is 2. The van der Waals surface area contributed by atoms with Crippen LogP contribution in [0.5, 0.6) is 0 Å². The molecular formula is C14H25N3. The molecule has 0 saturated heterocycles. The fourth-order valence-corrected chi connectivity index (χ4v) is 2.11. The molecule has 17 heavy (non-hydrogen) atoms. The molecule has 1 N–H and O–H groups in total. The molecule has 1 atom stereocenters. The van der Waals surface area contributed by atoms with E-state index in [1.807, 2.05) is 6.20 Å². The van der Waals surface area contributed by atoms with Gasteiger partial charge < -0.3 is 5.32 Å². The predicted octanol–water partition coefficient (Wildman–Crippen LogP) is 2.78. The molecule has 1 aromatic rings. The van der Waals surface area contributed by atoms with Crippen LogP contribution in [0.15, 0.2) is 12.4 Å². The zero-order chi connectivity index (χ0) is 12.5. The molecule has 0 spiro atoms. The second kappa shape index (κ2) is 4.81. The van der Waals surface area contributed by atoms with Gasteiger partial charge >= 0.3 is 0 Å². The van der Waals surface area contributed by atoms with E-state index >= 15 is 0 Å². The van der Waals surface area contributed by atoms with E-state index in [1.165, 1.54) is 18.4 Å². The zero-order valence-electron chi connectivity index (χ0n) is 11.5. The first kappa shape index (κ1) is 12.6. The third-order valence-electron chi connectivity index (χ3n) is 3.45. The summed E-state index contributed by atoms with van der Waals surface area (Å²) in [6.45, 7) is 9.90. The van der Waals surface area contributed by atoms with E-state index in [4.69, 9.17) is 0 Å². The predicted molar refractivity (Wildman–Crippen MR) is 71.1 cm³/mol. The first-order valence-electron chi connectivity index (χ1n) is 6.74. The largest absolute Gasteiger partial charge is 0.312 e. The van der Waals surface area contributed by atoms with Crippen molar-refractivity contribution >= 4 is 0 Å². The summed E-state index contributed by atoms with van der Waals surface area (Å²) in [7, 11) is 0. The van der Waals surface area contributed by atoms with Crippen LogP contribution in [-0.4, -0.2) is 21.9 Å². The van der Waals surface area contributed by atoms with Crippen LogP contribution in [0, 0.1) is 5.92 Å². The Kier molecular flexibility index (Phi) is 3.57. The van der Waals surface area contributed by atoms with E-state index < -0.39 is 0 Å². The smallest absolute Gasteiger partial charge is 0.0522 e. The summed E-state index contributed by atoms with van der Waals surface area (Å²) in [5, 5.41) is 7.99.